The molecule has 0 amide bonds. The largest absolute Gasteiger partial charge is 0.428 e. The van der Waals surface area contributed by atoms with Gasteiger partial charge in [0.1, 0.15) is 13.8 Å². The first-order chi connectivity index (χ1) is 21.1. The monoisotopic (exact) mass is 602 g/mol. The molecule has 4 aromatic rings. The molecule has 0 unspecified atom stereocenters. The molecular weight excluding hydrogens is 557 g/mol. The minimum absolute atomic E-state index is 0.0199. The van der Waals surface area contributed by atoms with Crippen molar-refractivity contribution in [2.45, 2.75) is 70.8 Å². The van der Waals surface area contributed by atoms with Crippen molar-refractivity contribution >= 4 is 24.4 Å². The van der Waals surface area contributed by atoms with E-state index in [1.54, 1.807) is 12.1 Å². The third-order valence-corrected chi connectivity index (χ3v) is 14.7. The van der Waals surface area contributed by atoms with Gasteiger partial charge in [-0.25, -0.2) is 4.79 Å². The number of esters is 1. The van der Waals surface area contributed by atoms with Crippen LogP contribution in [-0.4, -0.2) is 20.1 Å². The maximum atomic E-state index is 13.0. The van der Waals surface area contributed by atoms with Gasteiger partial charge in [-0.05, 0) is 55.1 Å². The van der Waals surface area contributed by atoms with Crippen molar-refractivity contribution in [2.75, 3.05) is 0 Å². The Balaban J connectivity index is 1.64. The Kier molecular flexibility index (Phi) is 11.3. The Hall–Kier alpha value is -3.99. The molecule has 0 spiro atoms. The maximum Gasteiger partial charge on any atom is 0.343 e. The number of carbonyl (C=O) groups is 1. The Bertz CT molecular complexity index is 1470. The summed E-state index contributed by atoms with van der Waals surface area (Å²) in [6.45, 7) is 15.8. The van der Waals surface area contributed by atoms with Crippen molar-refractivity contribution in [1.82, 2.24) is 0 Å². The van der Waals surface area contributed by atoms with Crippen LogP contribution in [-0.2, 0) is 9.47 Å². The van der Waals surface area contributed by atoms with Gasteiger partial charge in [-0.15, -0.1) is 6.58 Å². The van der Waals surface area contributed by atoms with Crippen LogP contribution in [0.15, 0.2) is 145 Å². The number of hydrogen-bond donors (Lipinski definition) is 0. The van der Waals surface area contributed by atoms with E-state index >= 15 is 0 Å². The van der Waals surface area contributed by atoms with E-state index in [9.17, 15) is 4.79 Å². The second-order valence-electron chi connectivity index (χ2n) is 12.5. The van der Waals surface area contributed by atoms with Crippen LogP contribution in [0.2, 0.25) is 11.1 Å². The van der Waals surface area contributed by atoms with Crippen molar-refractivity contribution in [3.63, 3.8) is 0 Å². The molecule has 0 bridgehead atoms. The minimum Gasteiger partial charge on any atom is -0.428 e. The fraction of sp³-hybridized carbons (Fsp3) is 0.275. The van der Waals surface area contributed by atoms with Crippen molar-refractivity contribution < 1.29 is 14.3 Å². The summed E-state index contributed by atoms with van der Waals surface area (Å²) in [4.78, 5) is 13.0. The third-order valence-electron chi connectivity index (χ3n) is 8.49. The molecule has 0 fully saturated rings. The third kappa shape index (κ3) is 8.13. The van der Waals surface area contributed by atoms with Crippen LogP contribution in [0.5, 0.6) is 0 Å². The number of rotatable bonds is 13. The molecule has 0 radical (unpaired) electrons. The second kappa shape index (κ2) is 15.1. The van der Waals surface area contributed by atoms with Gasteiger partial charge in [-0.3, -0.25) is 0 Å². The lowest BCUT2D eigenvalue weighted by atomic mass is 10.1. The summed E-state index contributed by atoms with van der Waals surface area (Å²) in [5, 5.41) is 2.83. The van der Waals surface area contributed by atoms with Crippen LogP contribution in [0.25, 0.3) is 0 Å². The molecule has 2 atom stereocenters. The quantitative estimate of drug-likeness (QED) is 0.0662. The van der Waals surface area contributed by atoms with Crippen LogP contribution in [0.4, 0.5) is 0 Å². The normalized spacial score (nSPS) is 13.6. The van der Waals surface area contributed by atoms with Crippen molar-refractivity contribution in [2.24, 2.45) is 0 Å². The topological polar surface area (TPSA) is 35.5 Å². The number of allylic oxidation sites excluding steroid dienone is 1. The first-order valence-corrected chi connectivity index (χ1v) is 17.7. The Morgan fingerprint density at radius 3 is 1.73 bits per heavy atom. The number of benzene rings is 4. The summed E-state index contributed by atoms with van der Waals surface area (Å²) < 4.78 is 12.7. The second-order valence-corrected chi connectivity index (χ2v) is 17.4. The molecule has 44 heavy (non-hydrogen) atoms. The lowest BCUT2D eigenvalue weighted by Gasteiger charge is -2.45. The summed E-state index contributed by atoms with van der Waals surface area (Å²) in [5.41, 5.74) is 2.78. The predicted molar refractivity (Wildman–Crippen MR) is 186 cm³/mol. The van der Waals surface area contributed by atoms with Gasteiger partial charge in [0.25, 0.3) is 0 Å². The first-order valence-electron chi connectivity index (χ1n) is 15.5. The first kappa shape index (κ1) is 32.9. The lowest BCUT2D eigenvalue weighted by molar-refractivity contribution is -0.00927. The maximum absolute atomic E-state index is 13.0. The van der Waals surface area contributed by atoms with Crippen LogP contribution >= 0.6 is 0 Å². The van der Waals surface area contributed by atoms with Gasteiger partial charge in [0.2, 0.25) is 0 Å². The highest BCUT2D eigenvalue weighted by molar-refractivity contribution is 7.04. The summed E-state index contributed by atoms with van der Waals surface area (Å²) in [6.07, 6.45) is 2.62. The average Bonchev–Trinajstić information content (AvgIpc) is 3.04. The molecule has 4 rings (SSSR count). The van der Waals surface area contributed by atoms with Crippen molar-refractivity contribution in [3.05, 3.63) is 156 Å². The van der Waals surface area contributed by atoms with E-state index in [1.165, 1.54) is 10.4 Å². The van der Waals surface area contributed by atoms with Gasteiger partial charge >= 0.3 is 5.97 Å². The van der Waals surface area contributed by atoms with Gasteiger partial charge in [0.05, 0.1) is 17.8 Å². The molecule has 0 heterocycles. The molecule has 0 N–H and O–H groups in total. The fourth-order valence-corrected chi connectivity index (χ4v) is 11.6. The van der Waals surface area contributed by atoms with Crippen LogP contribution in [0.1, 0.15) is 69.5 Å². The molecule has 4 aromatic carbocycles. The fourth-order valence-electron chi connectivity index (χ4n) is 6.17. The highest BCUT2D eigenvalue weighted by atomic mass is 28.3. The van der Waals surface area contributed by atoms with E-state index in [0.29, 0.717) is 24.2 Å². The summed E-state index contributed by atoms with van der Waals surface area (Å²) >= 11 is 0. The molecule has 0 aromatic heterocycles. The van der Waals surface area contributed by atoms with Crippen LogP contribution in [0, 0.1) is 0 Å². The van der Waals surface area contributed by atoms with Gasteiger partial charge in [-0.1, -0.05) is 146 Å². The van der Waals surface area contributed by atoms with E-state index in [2.05, 4.69) is 100 Å². The Labute approximate surface area is 265 Å². The molecule has 0 aliphatic heterocycles. The predicted octanol–water partition coefficient (Wildman–Crippen LogP) is 9.29. The van der Waals surface area contributed by atoms with Gasteiger partial charge in [0.15, 0.2) is 0 Å². The number of hydrogen-bond acceptors (Lipinski definition) is 3. The highest BCUT2D eigenvalue weighted by Crippen LogP contribution is 2.41. The van der Waals surface area contributed by atoms with Crippen LogP contribution < -0.4 is 10.4 Å². The minimum atomic E-state index is -2.36. The SMILES string of the molecule is C=C(C[C@H](C/C(=C/C)OC(=O)c1ccccc1)O[C@@H](C)c1ccccc1)C[Si](c1ccccc1)(c1ccccc1)C(C)(C)C. The van der Waals surface area contributed by atoms with E-state index < -0.39 is 8.07 Å². The highest BCUT2D eigenvalue weighted by Gasteiger charge is 2.47. The van der Waals surface area contributed by atoms with Gasteiger partial charge in [0, 0.05) is 6.42 Å². The van der Waals surface area contributed by atoms with E-state index in [-0.39, 0.29) is 23.2 Å². The molecule has 228 valence electrons. The molecule has 4 heteroatoms. The standard InChI is InChI=1S/C40H46O3Si/c1-7-35(43-39(41)34-22-14-9-15-23-34)29-36(42-32(3)33-20-12-8-13-21-33)28-31(2)30-44(40(4,5)6,37-24-16-10-17-25-37)38-26-18-11-19-27-38/h7-27,32,36H,2,28-30H2,1,3-6H3/b35-7-/t32-,36+/m0/s1. The lowest BCUT2D eigenvalue weighted by Crippen LogP contribution is -2.64. The summed E-state index contributed by atoms with van der Waals surface area (Å²) in [7, 11) is -2.36. The van der Waals surface area contributed by atoms with Crippen molar-refractivity contribution in [1.29, 1.82) is 0 Å². The smallest absolute Gasteiger partial charge is 0.343 e. The molecule has 0 aliphatic rings. The van der Waals surface area contributed by atoms with Crippen molar-refractivity contribution in [3.8, 4) is 0 Å². The zero-order valence-corrected chi connectivity index (χ0v) is 27.8. The summed E-state index contributed by atoms with van der Waals surface area (Å²) in [6, 6.07) is 42.2. The van der Waals surface area contributed by atoms with Crippen LogP contribution in [0.3, 0.4) is 0 Å². The van der Waals surface area contributed by atoms with E-state index in [0.717, 1.165) is 17.2 Å². The molecule has 0 saturated carbocycles. The Morgan fingerprint density at radius 2 is 1.25 bits per heavy atom. The summed E-state index contributed by atoms with van der Waals surface area (Å²) in [5.74, 6) is 0.238. The zero-order valence-electron chi connectivity index (χ0n) is 26.8. The molecule has 0 saturated heterocycles. The van der Waals surface area contributed by atoms with E-state index in [4.69, 9.17) is 16.1 Å². The number of ether oxygens (including phenoxy) is 2. The molecule has 0 aliphatic carbocycles. The zero-order chi connectivity index (χ0) is 31.6. The van der Waals surface area contributed by atoms with Gasteiger partial charge in [-0.2, -0.15) is 0 Å². The average molecular weight is 603 g/mol. The van der Waals surface area contributed by atoms with E-state index in [1.807, 2.05) is 49.4 Å². The Morgan fingerprint density at radius 1 is 0.773 bits per heavy atom. The van der Waals surface area contributed by atoms with Gasteiger partial charge < -0.3 is 9.47 Å². The number of carbonyl (C=O) groups excluding carboxylic acids is 1. The molecular formula is C40H46O3Si. The molecule has 3 nitrogen and oxygen atoms in total.